The number of hydrogen-bond donors (Lipinski definition) is 1. The highest BCUT2D eigenvalue weighted by atomic mass is 16.6. The van der Waals surface area contributed by atoms with Crippen LogP contribution in [0.1, 0.15) is 28.2 Å². The van der Waals surface area contributed by atoms with Crippen LogP contribution < -0.4 is 5.56 Å². The molecule has 8 heteroatoms. The highest BCUT2D eigenvalue weighted by molar-refractivity contribution is 5.36. The Bertz CT molecular complexity index is 982. The summed E-state index contributed by atoms with van der Waals surface area (Å²) in [6, 6.07) is 8.01. The Labute approximate surface area is 143 Å². The Morgan fingerprint density at radius 1 is 1.12 bits per heavy atom. The molecule has 3 rings (SSSR count). The number of aromatic amines is 1. The molecular weight excluding hydrogens is 322 g/mol. The van der Waals surface area contributed by atoms with Crippen LogP contribution in [-0.2, 0) is 6.42 Å². The van der Waals surface area contributed by atoms with Crippen LogP contribution in [-0.4, -0.2) is 24.7 Å². The predicted molar refractivity (Wildman–Crippen MR) is 92.1 cm³/mol. The molecule has 25 heavy (non-hydrogen) atoms. The van der Waals surface area contributed by atoms with Gasteiger partial charge in [0, 0.05) is 41.2 Å². The molecule has 0 unspecified atom stereocenters. The first kappa shape index (κ1) is 16.6. The second-order valence-electron chi connectivity index (χ2n) is 5.91. The molecule has 1 aromatic carbocycles. The van der Waals surface area contributed by atoms with Gasteiger partial charge in [-0.2, -0.15) is 4.68 Å². The molecule has 0 bridgehead atoms. The maximum atomic E-state index is 12.7. The van der Waals surface area contributed by atoms with Crippen molar-refractivity contribution in [3.05, 3.63) is 79.0 Å². The molecule has 0 atom stereocenters. The molecule has 0 saturated heterocycles. The summed E-state index contributed by atoms with van der Waals surface area (Å²) in [6.45, 7) is 5.49. The third-order valence-electron chi connectivity index (χ3n) is 3.89. The molecule has 8 nitrogen and oxygen atoms in total. The maximum absolute atomic E-state index is 12.7. The zero-order chi connectivity index (χ0) is 18.1. The highest BCUT2D eigenvalue weighted by Gasteiger charge is 2.15. The number of hydrogen-bond acceptors (Lipinski definition) is 5. The van der Waals surface area contributed by atoms with E-state index in [9.17, 15) is 14.9 Å². The van der Waals surface area contributed by atoms with Crippen molar-refractivity contribution in [2.75, 3.05) is 0 Å². The van der Waals surface area contributed by atoms with Crippen LogP contribution >= 0.6 is 0 Å². The molecule has 0 aliphatic rings. The fourth-order valence-corrected chi connectivity index (χ4v) is 2.68. The molecular formula is C17H17N5O3. The fourth-order valence-electron chi connectivity index (χ4n) is 2.68. The lowest BCUT2D eigenvalue weighted by molar-refractivity contribution is -0.384. The quantitative estimate of drug-likeness (QED) is 0.580. The molecule has 0 aliphatic carbocycles. The molecule has 2 heterocycles. The zero-order valence-corrected chi connectivity index (χ0v) is 14.1. The Morgan fingerprint density at radius 2 is 1.72 bits per heavy atom. The number of nitro groups is 1. The van der Waals surface area contributed by atoms with Crippen molar-refractivity contribution in [3.63, 3.8) is 0 Å². The molecule has 0 radical (unpaired) electrons. The van der Waals surface area contributed by atoms with E-state index < -0.39 is 4.92 Å². The van der Waals surface area contributed by atoms with Gasteiger partial charge in [0.15, 0.2) is 0 Å². The minimum Gasteiger partial charge on any atom is -0.292 e. The highest BCUT2D eigenvalue weighted by Crippen LogP contribution is 2.15. The van der Waals surface area contributed by atoms with Gasteiger partial charge in [-0.3, -0.25) is 20.0 Å². The summed E-state index contributed by atoms with van der Waals surface area (Å²) in [5.74, 6) is 0.306. The topological polar surface area (TPSA) is 107 Å². The average Bonchev–Trinajstić information content (AvgIpc) is 2.82. The summed E-state index contributed by atoms with van der Waals surface area (Å²) in [5.41, 5.74) is 3.47. The molecule has 3 aromatic rings. The van der Waals surface area contributed by atoms with E-state index in [1.54, 1.807) is 19.1 Å². The van der Waals surface area contributed by atoms with Crippen molar-refractivity contribution < 1.29 is 4.92 Å². The largest absolute Gasteiger partial charge is 0.292 e. The lowest BCUT2D eigenvalue weighted by Crippen LogP contribution is -2.20. The first-order valence-corrected chi connectivity index (χ1v) is 7.71. The molecule has 0 saturated carbocycles. The number of aryl methyl sites for hydroxylation is 3. The molecule has 0 amide bonds. The number of nitrogens with one attached hydrogen (secondary N) is 1. The Morgan fingerprint density at radius 3 is 2.28 bits per heavy atom. The van der Waals surface area contributed by atoms with Crippen molar-refractivity contribution >= 4 is 5.69 Å². The van der Waals surface area contributed by atoms with Crippen molar-refractivity contribution in [3.8, 4) is 5.95 Å². The molecule has 1 N–H and O–H groups in total. The van der Waals surface area contributed by atoms with Crippen LogP contribution in [0.3, 0.4) is 0 Å². The Hall–Kier alpha value is -3.29. The summed E-state index contributed by atoms with van der Waals surface area (Å²) in [5, 5.41) is 13.7. The number of non-ortho nitro benzene ring substituents is 1. The van der Waals surface area contributed by atoms with Gasteiger partial charge < -0.3 is 0 Å². The number of H-pyrrole nitrogens is 1. The van der Waals surface area contributed by atoms with E-state index in [0.717, 1.165) is 17.0 Å². The van der Waals surface area contributed by atoms with E-state index >= 15 is 0 Å². The maximum Gasteiger partial charge on any atom is 0.277 e. The Kier molecular flexibility index (Phi) is 4.18. The number of benzene rings is 1. The number of nitrogens with zero attached hydrogens (tertiary/aromatic N) is 4. The van der Waals surface area contributed by atoms with Crippen LogP contribution in [0, 0.1) is 30.9 Å². The van der Waals surface area contributed by atoms with E-state index in [2.05, 4.69) is 15.1 Å². The zero-order valence-electron chi connectivity index (χ0n) is 14.1. The summed E-state index contributed by atoms with van der Waals surface area (Å²) >= 11 is 0. The summed E-state index contributed by atoms with van der Waals surface area (Å²) < 4.78 is 1.33. The van der Waals surface area contributed by atoms with E-state index in [4.69, 9.17) is 0 Å². The van der Waals surface area contributed by atoms with E-state index in [0.29, 0.717) is 23.6 Å². The first-order valence-electron chi connectivity index (χ1n) is 7.71. The van der Waals surface area contributed by atoms with Crippen LogP contribution in [0.5, 0.6) is 0 Å². The van der Waals surface area contributed by atoms with Crippen LogP contribution in [0.15, 0.2) is 35.1 Å². The van der Waals surface area contributed by atoms with Gasteiger partial charge in [-0.25, -0.2) is 9.97 Å². The van der Waals surface area contributed by atoms with Gasteiger partial charge in [0.05, 0.1) is 4.92 Å². The van der Waals surface area contributed by atoms with Crippen molar-refractivity contribution in [2.45, 2.75) is 27.2 Å². The molecule has 128 valence electrons. The molecule has 2 aromatic heterocycles. The van der Waals surface area contributed by atoms with Gasteiger partial charge in [0.25, 0.3) is 17.2 Å². The second-order valence-corrected chi connectivity index (χ2v) is 5.91. The fraction of sp³-hybridized carbons (Fsp3) is 0.235. The summed E-state index contributed by atoms with van der Waals surface area (Å²) in [4.78, 5) is 31.6. The third kappa shape index (κ3) is 3.32. The first-order chi connectivity index (χ1) is 11.8. The lowest BCUT2D eigenvalue weighted by atomic mass is 10.1. The SMILES string of the molecule is Cc1cc(C)nc(-n2[nH]c(C)c(Cc3ccc([N+](=O)[O-])cc3)c2=O)n1. The smallest absolute Gasteiger partial charge is 0.277 e. The monoisotopic (exact) mass is 339 g/mol. The van der Waals surface area contributed by atoms with Crippen molar-refractivity contribution in [2.24, 2.45) is 0 Å². The number of aromatic nitrogens is 4. The number of rotatable bonds is 4. The van der Waals surface area contributed by atoms with Gasteiger partial charge in [-0.15, -0.1) is 0 Å². The number of nitro benzene ring substituents is 1. The van der Waals surface area contributed by atoms with Gasteiger partial charge in [0.2, 0.25) is 0 Å². The second kappa shape index (κ2) is 6.31. The van der Waals surface area contributed by atoms with Gasteiger partial charge >= 0.3 is 0 Å². The average molecular weight is 339 g/mol. The van der Waals surface area contributed by atoms with Crippen molar-refractivity contribution in [1.82, 2.24) is 19.7 Å². The summed E-state index contributed by atoms with van der Waals surface area (Å²) in [6.07, 6.45) is 0.372. The van der Waals surface area contributed by atoms with Crippen LogP contribution in [0.25, 0.3) is 5.95 Å². The normalized spacial score (nSPS) is 10.8. The molecule has 0 aliphatic heterocycles. The standard InChI is InChI=1S/C17H17N5O3/c1-10-8-11(2)19-17(18-10)21-16(23)15(12(3)20-21)9-13-4-6-14(7-5-13)22(24)25/h4-8,20H,9H2,1-3H3. The van der Waals surface area contributed by atoms with Crippen LogP contribution in [0.4, 0.5) is 5.69 Å². The van der Waals surface area contributed by atoms with E-state index in [1.165, 1.54) is 16.8 Å². The van der Waals surface area contributed by atoms with Gasteiger partial charge in [-0.05, 0) is 32.4 Å². The third-order valence-corrected chi connectivity index (χ3v) is 3.89. The van der Waals surface area contributed by atoms with E-state index in [-0.39, 0.29) is 11.2 Å². The minimum absolute atomic E-state index is 0.0237. The summed E-state index contributed by atoms with van der Waals surface area (Å²) in [7, 11) is 0. The van der Waals surface area contributed by atoms with E-state index in [1.807, 2.05) is 19.9 Å². The Balaban J connectivity index is 1.97. The molecule has 0 spiro atoms. The minimum atomic E-state index is -0.449. The molecule has 0 fully saturated rings. The van der Waals surface area contributed by atoms with Gasteiger partial charge in [0.1, 0.15) is 0 Å². The van der Waals surface area contributed by atoms with Gasteiger partial charge in [-0.1, -0.05) is 12.1 Å². The predicted octanol–water partition coefficient (Wildman–Crippen LogP) is 2.38. The van der Waals surface area contributed by atoms with Crippen molar-refractivity contribution in [1.29, 1.82) is 0 Å². The van der Waals surface area contributed by atoms with Crippen LogP contribution in [0.2, 0.25) is 0 Å². The lowest BCUT2D eigenvalue weighted by Gasteiger charge is -2.02.